The molecule has 0 aromatic carbocycles. The summed E-state index contributed by atoms with van der Waals surface area (Å²) in [5.41, 5.74) is 0. The van der Waals surface area contributed by atoms with E-state index >= 15 is 0 Å². The van der Waals surface area contributed by atoms with E-state index in [0.29, 0.717) is 12.2 Å². The van der Waals surface area contributed by atoms with Gasteiger partial charge in [0.1, 0.15) is 0 Å². The molecule has 0 aromatic rings. The summed E-state index contributed by atoms with van der Waals surface area (Å²) in [6.45, 7) is 0. The Hall–Kier alpha value is -1.00. The van der Waals surface area contributed by atoms with Crippen molar-refractivity contribution in [2.45, 2.75) is 12.6 Å². The van der Waals surface area contributed by atoms with Crippen LogP contribution in [0.5, 0.6) is 0 Å². The fraction of sp³-hybridized carbons (Fsp3) is 0.400. The van der Waals surface area contributed by atoms with E-state index < -0.39 is 18.6 Å². The molecule has 10 heavy (non-hydrogen) atoms. The fourth-order valence-electron chi connectivity index (χ4n) is 0.293. The number of aliphatic carboxylic acids is 1. The van der Waals surface area contributed by atoms with Crippen LogP contribution in [-0.4, -0.2) is 17.3 Å². The van der Waals surface area contributed by atoms with Crippen LogP contribution in [0.25, 0.3) is 0 Å². The van der Waals surface area contributed by atoms with Crippen molar-refractivity contribution in [2.24, 2.45) is 0 Å². The maximum absolute atomic E-state index is 11.3. The average Bonchev–Trinajstić information content (AvgIpc) is 1.59. The van der Waals surface area contributed by atoms with Crippen molar-refractivity contribution in [3.8, 4) is 0 Å². The predicted octanol–water partition coefficient (Wildman–Crippen LogP) is 1.58. The lowest BCUT2D eigenvalue weighted by Crippen LogP contribution is -2.04. The lowest BCUT2D eigenvalue weighted by Gasteiger charge is -1.98. The monoisotopic (exact) mass is 154 g/mol. The highest BCUT2D eigenvalue weighted by Crippen LogP contribution is 2.19. The van der Waals surface area contributed by atoms with Crippen molar-refractivity contribution in [3.63, 3.8) is 0 Å². The van der Waals surface area contributed by atoms with Gasteiger partial charge in [-0.1, -0.05) is 6.08 Å². The van der Waals surface area contributed by atoms with E-state index in [4.69, 9.17) is 5.11 Å². The van der Waals surface area contributed by atoms with Gasteiger partial charge in [-0.25, -0.2) is 4.79 Å². The van der Waals surface area contributed by atoms with Crippen molar-refractivity contribution >= 4 is 5.97 Å². The van der Waals surface area contributed by atoms with Crippen LogP contribution in [0.3, 0.4) is 0 Å². The minimum absolute atomic E-state index is 0.466. The van der Waals surface area contributed by atoms with Gasteiger partial charge in [0, 0.05) is 6.08 Å². The van der Waals surface area contributed by atoms with Crippen LogP contribution in [0.1, 0.15) is 6.42 Å². The van der Waals surface area contributed by atoms with Gasteiger partial charge in [0.25, 0.3) is 0 Å². The Morgan fingerprint density at radius 3 is 2.30 bits per heavy atom. The lowest BCUT2D eigenvalue weighted by molar-refractivity contribution is -0.131. The molecule has 0 aliphatic rings. The molecule has 0 spiro atoms. The van der Waals surface area contributed by atoms with E-state index in [1.165, 1.54) is 0 Å². The molecule has 0 aliphatic heterocycles. The molecular weight excluding hydrogens is 149 g/mol. The Balaban J connectivity index is 3.64. The SMILES string of the molecule is O=C(O)/C=C\CC(F)(F)F. The molecule has 0 saturated carbocycles. The molecule has 0 rings (SSSR count). The molecule has 0 aromatic heterocycles. The minimum atomic E-state index is -4.31. The van der Waals surface area contributed by atoms with Crippen LogP contribution >= 0.6 is 0 Å². The summed E-state index contributed by atoms with van der Waals surface area (Å²) in [5, 5.41) is 7.86. The molecule has 1 N–H and O–H groups in total. The first-order chi connectivity index (χ1) is 4.42. The van der Waals surface area contributed by atoms with E-state index in [9.17, 15) is 18.0 Å². The first kappa shape index (κ1) is 9.00. The van der Waals surface area contributed by atoms with Crippen LogP contribution in [-0.2, 0) is 4.79 Å². The van der Waals surface area contributed by atoms with E-state index in [1.54, 1.807) is 0 Å². The Morgan fingerprint density at radius 1 is 1.50 bits per heavy atom. The number of allylic oxidation sites excluding steroid dienone is 1. The Kier molecular flexibility index (Phi) is 2.92. The summed E-state index contributed by atoms with van der Waals surface area (Å²) in [6.07, 6.45) is -4.49. The molecule has 5 heteroatoms. The number of alkyl halides is 3. The normalized spacial score (nSPS) is 12.3. The van der Waals surface area contributed by atoms with Crippen LogP contribution in [0.4, 0.5) is 13.2 Å². The molecule has 2 nitrogen and oxygen atoms in total. The van der Waals surface area contributed by atoms with E-state index in [0.717, 1.165) is 0 Å². The standard InChI is InChI=1S/C5H5F3O2/c6-5(7,8)3-1-2-4(9)10/h1-2H,3H2,(H,9,10)/b2-1-. The van der Waals surface area contributed by atoms with Gasteiger partial charge in [-0.2, -0.15) is 13.2 Å². The molecular formula is C5H5F3O2. The van der Waals surface area contributed by atoms with Crippen LogP contribution < -0.4 is 0 Å². The van der Waals surface area contributed by atoms with Gasteiger partial charge in [-0.05, 0) is 0 Å². The maximum Gasteiger partial charge on any atom is 0.392 e. The van der Waals surface area contributed by atoms with E-state index in [2.05, 4.69) is 0 Å². The third-order valence-corrected chi connectivity index (χ3v) is 0.610. The zero-order valence-electron chi connectivity index (χ0n) is 4.85. The lowest BCUT2D eigenvalue weighted by atomic mass is 10.4. The molecule has 58 valence electrons. The van der Waals surface area contributed by atoms with Gasteiger partial charge < -0.3 is 5.11 Å². The zero-order chi connectivity index (χ0) is 8.20. The van der Waals surface area contributed by atoms with Crippen LogP contribution in [0, 0.1) is 0 Å². The number of rotatable bonds is 2. The van der Waals surface area contributed by atoms with Gasteiger partial charge in [-0.3, -0.25) is 0 Å². The Morgan fingerprint density at radius 2 is 2.00 bits per heavy atom. The van der Waals surface area contributed by atoms with Crippen molar-refractivity contribution < 1.29 is 23.1 Å². The van der Waals surface area contributed by atoms with Gasteiger partial charge in [0.15, 0.2) is 0 Å². The highest BCUT2D eigenvalue weighted by Gasteiger charge is 2.24. The summed E-state index contributed by atoms with van der Waals surface area (Å²) in [7, 11) is 0. The zero-order valence-corrected chi connectivity index (χ0v) is 4.85. The van der Waals surface area contributed by atoms with Gasteiger partial charge in [0.2, 0.25) is 0 Å². The number of carboxylic acid groups (broad SMARTS) is 1. The van der Waals surface area contributed by atoms with Gasteiger partial charge >= 0.3 is 12.1 Å². The third kappa shape index (κ3) is 7.00. The maximum atomic E-state index is 11.3. The highest BCUT2D eigenvalue weighted by atomic mass is 19.4. The minimum Gasteiger partial charge on any atom is -0.478 e. The van der Waals surface area contributed by atoms with Crippen molar-refractivity contribution in [2.75, 3.05) is 0 Å². The number of carbonyl (C=O) groups is 1. The molecule has 0 saturated heterocycles. The summed E-state index contributed by atoms with van der Waals surface area (Å²) >= 11 is 0. The number of hydrogen-bond donors (Lipinski definition) is 1. The second-order valence-electron chi connectivity index (χ2n) is 1.56. The quantitative estimate of drug-likeness (QED) is 0.613. The van der Waals surface area contributed by atoms with E-state index in [1.807, 2.05) is 0 Å². The molecule has 0 radical (unpaired) electrons. The molecule has 0 fully saturated rings. The summed E-state index contributed by atoms with van der Waals surface area (Å²) in [5.74, 6) is -1.37. The van der Waals surface area contributed by atoms with Crippen molar-refractivity contribution in [3.05, 3.63) is 12.2 Å². The Labute approximate surface area is 55.0 Å². The number of hydrogen-bond acceptors (Lipinski definition) is 1. The van der Waals surface area contributed by atoms with Crippen LogP contribution in [0.15, 0.2) is 12.2 Å². The van der Waals surface area contributed by atoms with Crippen molar-refractivity contribution in [1.82, 2.24) is 0 Å². The van der Waals surface area contributed by atoms with Crippen LogP contribution in [0.2, 0.25) is 0 Å². The molecule has 0 unspecified atom stereocenters. The second-order valence-corrected chi connectivity index (χ2v) is 1.56. The average molecular weight is 154 g/mol. The first-order valence-corrected chi connectivity index (χ1v) is 2.38. The second kappa shape index (κ2) is 3.24. The predicted molar refractivity (Wildman–Crippen MR) is 27.4 cm³/mol. The smallest absolute Gasteiger partial charge is 0.392 e. The highest BCUT2D eigenvalue weighted by molar-refractivity contribution is 5.79. The summed E-state index contributed by atoms with van der Waals surface area (Å²) in [4.78, 5) is 9.63. The molecule has 0 heterocycles. The van der Waals surface area contributed by atoms with Crippen molar-refractivity contribution in [1.29, 1.82) is 0 Å². The number of halogens is 3. The molecule has 0 atom stereocenters. The number of carboxylic acids is 1. The third-order valence-electron chi connectivity index (χ3n) is 0.610. The fourth-order valence-corrected chi connectivity index (χ4v) is 0.293. The topological polar surface area (TPSA) is 37.3 Å². The molecule has 0 bridgehead atoms. The van der Waals surface area contributed by atoms with Gasteiger partial charge in [-0.15, -0.1) is 0 Å². The molecule has 0 amide bonds. The summed E-state index contributed by atoms with van der Waals surface area (Å²) < 4.78 is 33.8. The largest absolute Gasteiger partial charge is 0.478 e. The summed E-state index contributed by atoms with van der Waals surface area (Å²) in [6, 6.07) is 0. The molecule has 0 aliphatic carbocycles. The van der Waals surface area contributed by atoms with Gasteiger partial charge in [0.05, 0.1) is 6.42 Å². The van der Waals surface area contributed by atoms with E-state index in [-0.39, 0.29) is 0 Å². The first-order valence-electron chi connectivity index (χ1n) is 2.38. The Bertz CT molecular complexity index is 147.